The smallest absolute Gasteiger partial charge is 0.292 e. The molecule has 0 spiro atoms. The van der Waals surface area contributed by atoms with Crippen LogP contribution in [0.25, 0.3) is 0 Å². The Morgan fingerprint density at radius 1 is 1.28 bits per heavy atom. The molecule has 154 valence electrons. The summed E-state index contributed by atoms with van der Waals surface area (Å²) in [5, 5.41) is 14.2. The lowest BCUT2D eigenvalue weighted by Gasteiger charge is -2.32. The van der Waals surface area contributed by atoms with E-state index in [4.69, 9.17) is 4.74 Å². The first-order valence-corrected chi connectivity index (χ1v) is 9.93. The molecule has 2 heterocycles. The monoisotopic (exact) mass is 398 g/mol. The number of para-hydroxylation sites is 2. The molecule has 0 radical (unpaired) electrons. The Morgan fingerprint density at radius 3 is 2.76 bits per heavy atom. The van der Waals surface area contributed by atoms with Gasteiger partial charge in [-0.2, -0.15) is 0 Å². The summed E-state index contributed by atoms with van der Waals surface area (Å²) in [6, 6.07) is 10.5. The molecule has 0 aliphatic carbocycles. The Balaban J connectivity index is 1.54. The van der Waals surface area contributed by atoms with Crippen LogP contribution in [0.4, 0.5) is 11.4 Å². The van der Waals surface area contributed by atoms with Crippen molar-refractivity contribution in [3.05, 3.63) is 58.3 Å². The number of amides is 1. The van der Waals surface area contributed by atoms with E-state index in [9.17, 15) is 14.9 Å². The molecule has 0 unspecified atom stereocenters. The predicted octanol–water partition coefficient (Wildman–Crippen LogP) is 3.31. The number of nitro groups is 1. The molecule has 1 N–H and O–H groups in total. The Hall–Kier alpha value is -3.16. The maximum atomic E-state index is 12.6. The maximum Gasteiger partial charge on any atom is 0.292 e. The molecule has 0 bridgehead atoms. The van der Waals surface area contributed by atoms with Gasteiger partial charge in [0.25, 0.3) is 5.69 Å². The number of nitrogens with one attached hydrogen (secondary N) is 1. The van der Waals surface area contributed by atoms with Crippen LogP contribution in [0.2, 0.25) is 0 Å². The largest absolute Gasteiger partial charge is 0.477 e. The number of carbonyl (C=O) groups is 1. The SMILES string of the molecule is CCCOc1ncccc1CNC(=O)C1CCN(c2ccccc2[N+](=O)[O-])CC1. The zero-order valence-corrected chi connectivity index (χ0v) is 16.5. The second-order valence-corrected chi connectivity index (χ2v) is 7.04. The third kappa shape index (κ3) is 5.22. The van der Waals surface area contributed by atoms with Crippen LogP contribution in [0, 0.1) is 16.0 Å². The van der Waals surface area contributed by atoms with E-state index >= 15 is 0 Å². The van der Waals surface area contributed by atoms with E-state index in [1.54, 1.807) is 24.4 Å². The molecule has 29 heavy (non-hydrogen) atoms. The quantitative estimate of drug-likeness (QED) is 0.541. The van der Waals surface area contributed by atoms with Crippen LogP contribution in [0.15, 0.2) is 42.6 Å². The highest BCUT2D eigenvalue weighted by Crippen LogP contribution is 2.31. The first-order valence-electron chi connectivity index (χ1n) is 9.93. The molecular weight excluding hydrogens is 372 g/mol. The molecule has 1 fully saturated rings. The highest BCUT2D eigenvalue weighted by molar-refractivity contribution is 5.79. The van der Waals surface area contributed by atoms with Crippen LogP contribution in [0.1, 0.15) is 31.7 Å². The van der Waals surface area contributed by atoms with Crippen LogP contribution in [0.5, 0.6) is 5.88 Å². The molecule has 1 aliphatic heterocycles. The summed E-state index contributed by atoms with van der Waals surface area (Å²) in [6.07, 6.45) is 3.88. The topological polar surface area (TPSA) is 97.6 Å². The number of ether oxygens (including phenoxy) is 1. The number of nitrogens with zero attached hydrogens (tertiary/aromatic N) is 3. The number of hydrogen-bond donors (Lipinski definition) is 1. The van der Waals surface area contributed by atoms with Gasteiger partial charge in [-0.15, -0.1) is 0 Å². The number of hydrogen-bond acceptors (Lipinski definition) is 6. The second kappa shape index (κ2) is 9.86. The van der Waals surface area contributed by atoms with E-state index in [-0.39, 0.29) is 22.4 Å². The van der Waals surface area contributed by atoms with Gasteiger partial charge in [-0.25, -0.2) is 4.98 Å². The number of rotatable bonds is 8. The van der Waals surface area contributed by atoms with Gasteiger partial charge in [0, 0.05) is 43.4 Å². The minimum absolute atomic E-state index is 0.00231. The van der Waals surface area contributed by atoms with Crippen molar-refractivity contribution in [1.82, 2.24) is 10.3 Å². The van der Waals surface area contributed by atoms with E-state index < -0.39 is 0 Å². The molecule has 1 amide bonds. The van der Waals surface area contributed by atoms with Crippen molar-refractivity contribution in [3.63, 3.8) is 0 Å². The fraction of sp³-hybridized carbons (Fsp3) is 0.429. The predicted molar refractivity (Wildman–Crippen MR) is 110 cm³/mol. The number of aromatic nitrogens is 1. The van der Waals surface area contributed by atoms with E-state index in [2.05, 4.69) is 10.3 Å². The van der Waals surface area contributed by atoms with Crippen molar-refractivity contribution in [3.8, 4) is 5.88 Å². The van der Waals surface area contributed by atoms with Crippen LogP contribution >= 0.6 is 0 Å². The van der Waals surface area contributed by atoms with Gasteiger partial charge in [0.05, 0.1) is 11.5 Å². The summed E-state index contributed by atoms with van der Waals surface area (Å²) in [6.45, 7) is 4.21. The zero-order chi connectivity index (χ0) is 20.6. The number of pyridine rings is 1. The molecule has 1 aliphatic rings. The highest BCUT2D eigenvalue weighted by atomic mass is 16.6. The third-order valence-corrected chi connectivity index (χ3v) is 5.03. The second-order valence-electron chi connectivity index (χ2n) is 7.04. The molecule has 0 atom stereocenters. The Bertz CT molecular complexity index is 850. The van der Waals surface area contributed by atoms with Crippen LogP contribution in [-0.4, -0.2) is 35.5 Å². The molecular formula is C21H26N4O4. The van der Waals surface area contributed by atoms with Crippen molar-refractivity contribution in [2.75, 3.05) is 24.6 Å². The molecule has 1 saturated heterocycles. The number of anilines is 1. The van der Waals surface area contributed by atoms with Crippen LogP contribution < -0.4 is 15.0 Å². The standard InChI is InChI=1S/C21H26N4O4/c1-2-14-29-21-17(6-5-11-22-21)15-23-20(26)16-9-12-24(13-10-16)18-7-3-4-8-19(18)25(27)28/h3-8,11,16H,2,9-10,12-15H2,1H3,(H,23,26). The van der Waals surface area contributed by atoms with Gasteiger partial charge in [0.15, 0.2) is 0 Å². The van der Waals surface area contributed by atoms with Gasteiger partial charge in [0.2, 0.25) is 11.8 Å². The minimum atomic E-state index is -0.361. The maximum absolute atomic E-state index is 12.6. The summed E-state index contributed by atoms with van der Waals surface area (Å²) in [4.78, 5) is 29.7. The molecule has 8 heteroatoms. The third-order valence-electron chi connectivity index (χ3n) is 5.03. The van der Waals surface area contributed by atoms with E-state index in [0.29, 0.717) is 50.7 Å². The fourth-order valence-corrected chi connectivity index (χ4v) is 3.48. The fourth-order valence-electron chi connectivity index (χ4n) is 3.48. The first-order chi connectivity index (χ1) is 14.1. The van der Waals surface area contributed by atoms with Gasteiger partial charge >= 0.3 is 0 Å². The number of nitro benzene ring substituents is 1. The summed E-state index contributed by atoms with van der Waals surface area (Å²) in [5.74, 6) is 0.448. The molecule has 1 aromatic heterocycles. The molecule has 8 nitrogen and oxygen atoms in total. The molecule has 0 saturated carbocycles. The van der Waals surface area contributed by atoms with Crippen LogP contribution in [-0.2, 0) is 11.3 Å². The van der Waals surface area contributed by atoms with Gasteiger partial charge in [-0.3, -0.25) is 14.9 Å². The summed E-state index contributed by atoms with van der Waals surface area (Å²) in [7, 11) is 0. The van der Waals surface area contributed by atoms with Crippen molar-refractivity contribution < 1.29 is 14.5 Å². The number of piperidine rings is 1. The lowest BCUT2D eigenvalue weighted by Crippen LogP contribution is -2.40. The Kier molecular flexibility index (Phi) is 6.99. The minimum Gasteiger partial charge on any atom is -0.477 e. The van der Waals surface area contributed by atoms with E-state index in [1.165, 1.54) is 6.07 Å². The van der Waals surface area contributed by atoms with Gasteiger partial charge in [-0.1, -0.05) is 25.1 Å². The zero-order valence-electron chi connectivity index (χ0n) is 16.5. The lowest BCUT2D eigenvalue weighted by atomic mass is 9.95. The van der Waals surface area contributed by atoms with E-state index in [1.807, 2.05) is 24.0 Å². The lowest BCUT2D eigenvalue weighted by molar-refractivity contribution is -0.384. The van der Waals surface area contributed by atoms with Gasteiger partial charge in [-0.05, 0) is 31.4 Å². The van der Waals surface area contributed by atoms with Crippen molar-refractivity contribution in [1.29, 1.82) is 0 Å². The van der Waals surface area contributed by atoms with Crippen molar-refractivity contribution in [2.24, 2.45) is 5.92 Å². The van der Waals surface area contributed by atoms with Crippen LogP contribution in [0.3, 0.4) is 0 Å². The van der Waals surface area contributed by atoms with Gasteiger partial charge < -0.3 is 15.0 Å². The molecule has 2 aromatic rings. The molecule has 1 aromatic carbocycles. The normalized spacial score (nSPS) is 14.4. The number of benzene rings is 1. The Morgan fingerprint density at radius 2 is 2.03 bits per heavy atom. The average molecular weight is 398 g/mol. The summed E-state index contributed by atoms with van der Waals surface area (Å²) < 4.78 is 5.63. The summed E-state index contributed by atoms with van der Waals surface area (Å²) in [5.41, 5.74) is 1.57. The molecule has 3 rings (SSSR count). The van der Waals surface area contributed by atoms with Crippen molar-refractivity contribution in [2.45, 2.75) is 32.7 Å². The van der Waals surface area contributed by atoms with Gasteiger partial charge in [0.1, 0.15) is 5.69 Å². The summed E-state index contributed by atoms with van der Waals surface area (Å²) >= 11 is 0. The van der Waals surface area contributed by atoms with E-state index in [0.717, 1.165) is 12.0 Å². The highest BCUT2D eigenvalue weighted by Gasteiger charge is 2.28. The number of carbonyl (C=O) groups excluding carboxylic acids is 1. The Labute approximate surface area is 170 Å². The first kappa shape index (κ1) is 20.6. The van der Waals surface area contributed by atoms with Crippen molar-refractivity contribution >= 4 is 17.3 Å². The average Bonchev–Trinajstić information content (AvgIpc) is 2.76.